The molecule has 0 bridgehead atoms. The lowest BCUT2D eigenvalue weighted by atomic mass is 10.1. The molecule has 30 heavy (non-hydrogen) atoms. The molecule has 4 N–H and O–H groups in total. The SMILES string of the molecule is CCNC(=NCc1ccc(S(=O)(=O)NC)cc1)NCCc1c[nH]c2ccccc12.I. The number of guanidine groups is 1. The second kappa shape index (κ2) is 11.3. The van der Waals surface area contributed by atoms with Crippen molar-refractivity contribution in [3.05, 3.63) is 65.9 Å². The van der Waals surface area contributed by atoms with Gasteiger partial charge in [-0.3, -0.25) is 0 Å². The Morgan fingerprint density at radius 2 is 1.80 bits per heavy atom. The van der Waals surface area contributed by atoms with E-state index in [4.69, 9.17) is 0 Å². The summed E-state index contributed by atoms with van der Waals surface area (Å²) >= 11 is 0. The number of H-pyrrole nitrogens is 1. The highest BCUT2D eigenvalue weighted by molar-refractivity contribution is 14.0. The zero-order valence-corrected chi connectivity index (χ0v) is 20.3. The van der Waals surface area contributed by atoms with Gasteiger partial charge in [0, 0.05) is 30.2 Å². The van der Waals surface area contributed by atoms with E-state index in [0.29, 0.717) is 6.54 Å². The molecular weight excluding hydrogens is 513 g/mol. The number of para-hydroxylation sites is 1. The Morgan fingerprint density at radius 3 is 2.50 bits per heavy atom. The van der Waals surface area contributed by atoms with Gasteiger partial charge in [0.15, 0.2) is 5.96 Å². The molecule has 2 aromatic carbocycles. The van der Waals surface area contributed by atoms with Crippen molar-refractivity contribution < 1.29 is 8.42 Å². The van der Waals surface area contributed by atoms with Crippen LogP contribution in [0.2, 0.25) is 0 Å². The summed E-state index contributed by atoms with van der Waals surface area (Å²) in [6, 6.07) is 15.0. The number of sulfonamides is 1. The number of hydrogen-bond acceptors (Lipinski definition) is 3. The minimum Gasteiger partial charge on any atom is -0.361 e. The Morgan fingerprint density at radius 1 is 1.07 bits per heavy atom. The van der Waals surface area contributed by atoms with Gasteiger partial charge in [0.25, 0.3) is 0 Å². The molecular formula is C21H28IN5O2S. The molecule has 7 nitrogen and oxygen atoms in total. The molecule has 1 aromatic heterocycles. The van der Waals surface area contributed by atoms with E-state index < -0.39 is 10.0 Å². The van der Waals surface area contributed by atoms with Crippen LogP contribution in [0.4, 0.5) is 0 Å². The van der Waals surface area contributed by atoms with Crippen LogP contribution in [0, 0.1) is 0 Å². The number of hydrogen-bond donors (Lipinski definition) is 4. The summed E-state index contributed by atoms with van der Waals surface area (Å²) in [6.45, 7) is 4.00. The van der Waals surface area contributed by atoms with Crippen LogP contribution in [0.5, 0.6) is 0 Å². The Balaban J connectivity index is 0.00000320. The Hall–Kier alpha value is -2.11. The molecule has 162 valence electrons. The highest BCUT2D eigenvalue weighted by Crippen LogP contribution is 2.17. The van der Waals surface area contributed by atoms with Gasteiger partial charge in [-0.2, -0.15) is 0 Å². The van der Waals surface area contributed by atoms with Crippen molar-refractivity contribution in [2.24, 2.45) is 4.99 Å². The van der Waals surface area contributed by atoms with Crippen molar-refractivity contribution in [1.29, 1.82) is 0 Å². The molecule has 0 atom stereocenters. The van der Waals surface area contributed by atoms with Crippen molar-refractivity contribution in [2.45, 2.75) is 24.8 Å². The fourth-order valence-corrected chi connectivity index (χ4v) is 3.79. The van der Waals surface area contributed by atoms with Crippen molar-refractivity contribution in [2.75, 3.05) is 20.1 Å². The van der Waals surface area contributed by atoms with E-state index >= 15 is 0 Å². The summed E-state index contributed by atoms with van der Waals surface area (Å²) in [5.41, 5.74) is 3.35. The lowest BCUT2D eigenvalue weighted by Gasteiger charge is -2.11. The molecule has 0 spiro atoms. The first-order valence-corrected chi connectivity index (χ1v) is 11.1. The molecule has 0 saturated heterocycles. The zero-order valence-electron chi connectivity index (χ0n) is 17.1. The van der Waals surface area contributed by atoms with Gasteiger partial charge in [0.1, 0.15) is 0 Å². The Bertz CT molecular complexity index is 1080. The molecule has 0 amide bonds. The standard InChI is InChI=1S/C21H27N5O2S.HI/c1-3-23-21(24-13-12-17-15-25-20-7-5-4-6-19(17)20)26-14-16-8-10-18(11-9-16)29(27,28)22-2;/h4-11,15,22,25H,3,12-14H2,1-2H3,(H2,23,24,26);1H. The van der Waals surface area contributed by atoms with Gasteiger partial charge >= 0.3 is 0 Å². The zero-order chi connectivity index (χ0) is 20.7. The molecule has 0 radical (unpaired) electrons. The molecule has 0 fully saturated rings. The Kier molecular flexibility index (Phi) is 9.12. The molecule has 0 aliphatic carbocycles. The third kappa shape index (κ3) is 6.19. The van der Waals surface area contributed by atoms with Crippen LogP contribution in [-0.2, 0) is 23.0 Å². The van der Waals surface area contributed by atoms with E-state index in [0.717, 1.165) is 36.6 Å². The molecule has 3 rings (SSSR count). The highest BCUT2D eigenvalue weighted by atomic mass is 127. The first-order valence-electron chi connectivity index (χ1n) is 9.63. The van der Waals surface area contributed by atoms with Crippen molar-refractivity contribution in [3.8, 4) is 0 Å². The number of nitrogens with zero attached hydrogens (tertiary/aromatic N) is 1. The van der Waals surface area contributed by atoms with Crippen LogP contribution in [0.3, 0.4) is 0 Å². The summed E-state index contributed by atoms with van der Waals surface area (Å²) in [5.74, 6) is 0.735. The second-order valence-corrected chi connectivity index (χ2v) is 8.47. The van der Waals surface area contributed by atoms with Crippen LogP contribution in [-0.4, -0.2) is 39.5 Å². The maximum Gasteiger partial charge on any atom is 0.240 e. The average molecular weight is 541 g/mol. The monoisotopic (exact) mass is 541 g/mol. The quantitative estimate of drug-likeness (QED) is 0.200. The number of rotatable bonds is 8. The van der Waals surface area contributed by atoms with Gasteiger partial charge < -0.3 is 15.6 Å². The number of aromatic nitrogens is 1. The first-order chi connectivity index (χ1) is 14.0. The van der Waals surface area contributed by atoms with E-state index in [1.807, 2.05) is 19.1 Å². The van der Waals surface area contributed by atoms with E-state index in [9.17, 15) is 8.42 Å². The van der Waals surface area contributed by atoms with Crippen LogP contribution >= 0.6 is 24.0 Å². The number of halogens is 1. The van der Waals surface area contributed by atoms with Crippen LogP contribution in [0.15, 0.2) is 64.6 Å². The third-order valence-corrected chi connectivity index (χ3v) is 6.06. The van der Waals surface area contributed by atoms with E-state index in [2.05, 4.69) is 43.7 Å². The molecule has 1 heterocycles. The van der Waals surface area contributed by atoms with Crippen LogP contribution in [0.25, 0.3) is 10.9 Å². The van der Waals surface area contributed by atoms with E-state index in [1.54, 1.807) is 24.3 Å². The normalized spacial score (nSPS) is 11.9. The molecule has 0 unspecified atom stereocenters. The van der Waals surface area contributed by atoms with Gasteiger partial charge in [-0.1, -0.05) is 30.3 Å². The highest BCUT2D eigenvalue weighted by Gasteiger charge is 2.10. The van der Waals surface area contributed by atoms with Crippen LogP contribution < -0.4 is 15.4 Å². The number of aromatic amines is 1. The maximum atomic E-state index is 11.8. The smallest absolute Gasteiger partial charge is 0.240 e. The minimum absolute atomic E-state index is 0. The van der Waals surface area contributed by atoms with Gasteiger partial charge in [0.05, 0.1) is 11.4 Å². The first kappa shape index (κ1) is 24.2. The topological polar surface area (TPSA) is 98.4 Å². The summed E-state index contributed by atoms with van der Waals surface area (Å²) in [5, 5.41) is 7.84. The average Bonchev–Trinajstić information content (AvgIpc) is 3.15. The predicted octanol–water partition coefficient (Wildman–Crippen LogP) is 2.99. The Labute approximate surface area is 194 Å². The van der Waals surface area contributed by atoms with Gasteiger partial charge in [-0.05, 0) is 49.7 Å². The van der Waals surface area contributed by atoms with Crippen molar-refractivity contribution in [3.63, 3.8) is 0 Å². The number of nitrogens with one attached hydrogen (secondary N) is 4. The molecule has 0 saturated carbocycles. The summed E-state index contributed by atoms with van der Waals surface area (Å²) < 4.78 is 25.9. The fourth-order valence-electron chi connectivity index (χ4n) is 3.06. The summed E-state index contributed by atoms with van der Waals surface area (Å²) in [6.07, 6.45) is 2.93. The minimum atomic E-state index is -3.42. The molecule has 0 aliphatic rings. The summed E-state index contributed by atoms with van der Waals surface area (Å²) in [7, 11) is -2.02. The van der Waals surface area contributed by atoms with Gasteiger partial charge in [-0.15, -0.1) is 24.0 Å². The molecule has 0 aliphatic heterocycles. The van der Waals surface area contributed by atoms with E-state index in [1.165, 1.54) is 18.0 Å². The predicted molar refractivity (Wildman–Crippen MR) is 133 cm³/mol. The number of aliphatic imine (C=N–C) groups is 1. The van der Waals surface area contributed by atoms with Gasteiger partial charge in [-0.25, -0.2) is 18.1 Å². The molecule has 9 heteroatoms. The maximum absolute atomic E-state index is 11.8. The van der Waals surface area contributed by atoms with Crippen molar-refractivity contribution in [1.82, 2.24) is 20.3 Å². The number of benzene rings is 2. The lowest BCUT2D eigenvalue weighted by molar-refractivity contribution is 0.588. The molecule has 3 aromatic rings. The third-order valence-electron chi connectivity index (χ3n) is 4.63. The van der Waals surface area contributed by atoms with Crippen LogP contribution in [0.1, 0.15) is 18.1 Å². The lowest BCUT2D eigenvalue weighted by Crippen LogP contribution is -2.38. The van der Waals surface area contributed by atoms with Gasteiger partial charge in [0.2, 0.25) is 10.0 Å². The summed E-state index contributed by atoms with van der Waals surface area (Å²) in [4.78, 5) is 8.14. The van der Waals surface area contributed by atoms with Crippen molar-refractivity contribution >= 4 is 50.9 Å². The van der Waals surface area contributed by atoms with E-state index in [-0.39, 0.29) is 28.9 Å². The second-order valence-electron chi connectivity index (χ2n) is 6.58. The largest absolute Gasteiger partial charge is 0.361 e. The fraction of sp³-hybridized carbons (Fsp3) is 0.286. The number of fused-ring (bicyclic) bond motifs is 1.